The number of nitrogens with zero attached hydrogens (tertiary/aromatic N) is 1. The van der Waals surface area contributed by atoms with Gasteiger partial charge in [-0.1, -0.05) is 35.9 Å². The molecule has 2 unspecified atom stereocenters. The highest BCUT2D eigenvalue weighted by Gasteiger charge is 2.38. The first-order chi connectivity index (χ1) is 10.8. The highest BCUT2D eigenvalue weighted by atomic mass is 35.5. The molecule has 0 spiro atoms. The molecule has 1 N–H and O–H groups in total. The molecule has 0 radical (unpaired) electrons. The Hall–Kier alpha value is -1.72. The SMILES string of the molecule is CN(c1cc(Cl)ccc1C(F)(F)F)C1CC(O)c2ccccc21. The van der Waals surface area contributed by atoms with E-state index < -0.39 is 17.8 Å². The van der Waals surface area contributed by atoms with E-state index in [1.165, 1.54) is 12.1 Å². The van der Waals surface area contributed by atoms with Crippen molar-refractivity contribution in [2.75, 3.05) is 11.9 Å². The molecule has 0 aliphatic heterocycles. The first-order valence-electron chi connectivity index (χ1n) is 7.15. The van der Waals surface area contributed by atoms with Gasteiger partial charge in [-0.3, -0.25) is 0 Å². The molecule has 1 aliphatic rings. The Morgan fingerprint density at radius 2 is 1.78 bits per heavy atom. The van der Waals surface area contributed by atoms with Crippen LogP contribution in [0.4, 0.5) is 18.9 Å². The normalized spacial score (nSPS) is 20.4. The Morgan fingerprint density at radius 1 is 1.13 bits per heavy atom. The number of hydrogen-bond acceptors (Lipinski definition) is 2. The maximum atomic E-state index is 13.3. The molecule has 2 aromatic rings. The lowest BCUT2D eigenvalue weighted by Crippen LogP contribution is -2.25. The minimum Gasteiger partial charge on any atom is -0.388 e. The minimum atomic E-state index is -4.47. The van der Waals surface area contributed by atoms with Crippen LogP contribution in [0.3, 0.4) is 0 Å². The highest BCUT2D eigenvalue weighted by molar-refractivity contribution is 6.30. The van der Waals surface area contributed by atoms with E-state index in [1.54, 1.807) is 18.0 Å². The van der Waals surface area contributed by atoms with E-state index in [2.05, 4.69) is 0 Å². The summed E-state index contributed by atoms with van der Waals surface area (Å²) in [5, 5.41) is 10.4. The van der Waals surface area contributed by atoms with Crippen molar-refractivity contribution in [1.82, 2.24) is 0 Å². The van der Waals surface area contributed by atoms with Gasteiger partial charge in [0.2, 0.25) is 0 Å². The minimum absolute atomic E-state index is 0.0129. The van der Waals surface area contributed by atoms with Gasteiger partial charge in [0, 0.05) is 18.5 Å². The van der Waals surface area contributed by atoms with E-state index in [-0.39, 0.29) is 16.8 Å². The van der Waals surface area contributed by atoms with Gasteiger partial charge in [-0.15, -0.1) is 0 Å². The maximum absolute atomic E-state index is 13.3. The molecule has 23 heavy (non-hydrogen) atoms. The van der Waals surface area contributed by atoms with Crippen molar-refractivity contribution in [3.63, 3.8) is 0 Å². The number of hydrogen-bond donors (Lipinski definition) is 1. The van der Waals surface area contributed by atoms with Gasteiger partial charge in [0.05, 0.1) is 23.4 Å². The van der Waals surface area contributed by atoms with E-state index in [4.69, 9.17) is 11.6 Å². The Morgan fingerprint density at radius 3 is 2.43 bits per heavy atom. The van der Waals surface area contributed by atoms with Crippen molar-refractivity contribution in [2.24, 2.45) is 0 Å². The average molecular weight is 342 g/mol. The van der Waals surface area contributed by atoms with Crippen LogP contribution >= 0.6 is 11.6 Å². The number of benzene rings is 2. The predicted molar refractivity (Wildman–Crippen MR) is 83.6 cm³/mol. The third-order valence-corrected chi connectivity index (χ3v) is 4.51. The Kier molecular flexibility index (Phi) is 4.02. The standard InChI is InChI=1S/C17H15ClF3NO/c1-22(14-9-16(23)12-5-3-2-4-11(12)14)15-8-10(18)6-7-13(15)17(19,20)21/h2-8,14,16,23H,9H2,1H3. The fourth-order valence-corrected chi connectivity index (χ4v) is 3.32. The van der Waals surface area contributed by atoms with Crippen LogP contribution < -0.4 is 4.90 Å². The van der Waals surface area contributed by atoms with Crippen LogP contribution in [-0.4, -0.2) is 12.2 Å². The van der Waals surface area contributed by atoms with Crippen molar-refractivity contribution in [3.8, 4) is 0 Å². The molecule has 0 saturated heterocycles. The molecule has 0 bridgehead atoms. The summed E-state index contributed by atoms with van der Waals surface area (Å²) in [6.07, 6.45) is -4.79. The molecule has 0 aromatic heterocycles. The van der Waals surface area contributed by atoms with Gasteiger partial charge in [-0.25, -0.2) is 0 Å². The zero-order valence-electron chi connectivity index (χ0n) is 12.3. The molecule has 2 aromatic carbocycles. The highest BCUT2D eigenvalue weighted by Crippen LogP contribution is 2.46. The summed E-state index contributed by atoms with van der Waals surface area (Å²) in [7, 11) is 1.60. The van der Waals surface area contributed by atoms with Crippen LogP contribution in [0.25, 0.3) is 0 Å². The van der Waals surface area contributed by atoms with Gasteiger partial charge in [0.25, 0.3) is 0 Å². The zero-order chi connectivity index (χ0) is 16.8. The quantitative estimate of drug-likeness (QED) is 0.833. The van der Waals surface area contributed by atoms with Gasteiger partial charge in [0.1, 0.15) is 0 Å². The van der Waals surface area contributed by atoms with Gasteiger partial charge in [-0.2, -0.15) is 13.2 Å². The number of aliphatic hydroxyl groups is 1. The number of alkyl halides is 3. The number of fused-ring (bicyclic) bond motifs is 1. The fourth-order valence-electron chi connectivity index (χ4n) is 3.15. The van der Waals surface area contributed by atoms with Crippen molar-refractivity contribution < 1.29 is 18.3 Å². The molecule has 122 valence electrons. The van der Waals surface area contributed by atoms with Crippen LogP contribution in [-0.2, 0) is 6.18 Å². The first-order valence-corrected chi connectivity index (χ1v) is 7.53. The van der Waals surface area contributed by atoms with Gasteiger partial charge in [0.15, 0.2) is 0 Å². The van der Waals surface area contributed by atoms with Crippen LogP contribution in [0.1, 0.15) is 35.3 Å². The zero-order valence-corrected chi connectivity index (χ0v) is 13.1. The summed E-state index contributed by atoms with van der Waals surface area (Å²) in [5.74, 6) is 0. The third-order valence-electron chi connectivity index (χ3n) is 4.27. The van der Waals surface area contributed by atoms with Crippen LogP contribution in [0, 0.1) is 0 Å². The van der Waals surface area contributed by atoms with Crippen molar-refractivity contribution in [2.45, 2.75) is 24.7 Å². The van der Waals surface area contributed by atoms with Crippen molar-refractivity contribution in [1.29, 1.82) is 0 Å². The van der Waals surface area contributed by atoms with E-state index in [1.807, 2.05) is 18.2 Å². The molecular weight excluding hydrogens is 327 g/mol. The number of halogens is 4. The van der Waals surface area contributed by atoms with Crippen LogP contribution in [0.2, 0.25) is 5.02 Å². The Bertz CT molecular complexity index is 732. The lowest BCUT2D eigenvalue weighted by Gasteiger charge is -2.30. The van der Waals surface area contributed by atoms with Crippen molar-refractivity contribution in [3.05, 3.63) is 64.2 Å². The largest absolute Gasteiger partial charge is 0.418 e. The Labute approximate surface area is 137 Å². The lowest BCUT2D eigenvalue weighted by molar-refractivity contribution is -0.137. The summed E-state index contributed by atoms with van der Waals surface area (Å²) in [6, 6.07) is 10.5. The Balaban J connectivity index is 2.05. The van der Waals surface area contributed by atoms with Crippen molar-refractivity contribution >= 4 is 17.3 Å². The van der Waals surface area contributed by atoms with Crippen LogP contribution in [0.5, 0.6) is 0 Å². The van der Waals surface area contributed by atoms with E-state index in [0.717, 1.165) is 17.2 Å². The second kappa shape index (κ2) is 5.73. The summed E-state index contributed by atoms with van der Waals surface area (Å²) in [5.41, 5.74) is 0.887. The van der Waals surface area contributed by atoms with E-state index in [9.17, 15) is 18.3 Å². The predicted octanol–water partition coefficient (Wildman–Crippen LogP) is 4.97. The first kappa shape index (κ1) is 16.1. The molecule has 0 saturated carbocycles. The maximum Gasteiger partial charge on any atom is 0.418 e. The molecule has 0 amide bonds. The van der Waals surface area contributed by atoms with E-state index >= 15 is 0 Å². The second-order valence-corrected chi connectivity index (χ2v) is 6.10. The lowest BCUT2D eigenvalue weighted by atomic mass is 10.0. The molecule has 3 rings (SSSR count). The summed E-state index contributed by atoms with van der Waals surface area (Å²) >= 11 is 5.90. The molecule has 1 aliphatic carbocycles. The summed E-state index contributed by atoms with van der Waals surface area (Å²) < 4.78 is 39.8. The van der Waals surface area contributed by atoms with Crippen LogP contribution in [0.15, 0.2) is 42.5 Å². The number of aliphatic hydroxyl groups excluding tert-OH is 1. The summed E-state index contributed by atoms with van der Waals surface area (Å²) in [6.45, 7) is 0. The summed E-state index contributed by atoms with van der Waals surface area (Å²) in [4.78, 5) is 1.55. The smallest absolute Gasteiger partial charge is 0.388 e. The molecule has 2 atom stereocenters. The topological polar surface area (TPSA) is 23.5 Å². The number of rotatable bonds is 2. The molecule has 0 heterocycles. The fraction of sp³-hybridized carbons (Fsp3) is 0.294. The molecule has 6 heteroatoms. The average Bonchev–Trinajstić information content (AvgIpc) is 2.83. The van der Waals surface area contributed by atoms with Gasteiger partial charge < -0.3 is 10.0 Å². The monoisotopic (exact) mass is 341 g/mol. The third kappa shape index (κ3) is 2.91. The molecular formula is C17H15ClF3NO. The van der Waals surface area contributed by atoms with Gasteiger partial charge in [-0.05, 0) is 29.3 Å². The molecule has 0 fully saturated rings. The molecule has 2 nitrogen and oxygen atoms in total. The number of anilines is 1. The second-order valence-electron chi connectivity index (χ2n) is 5.67. The van der Waals surface area contributed by atoms with E-state index in [0.29, 0.717) is 6.42 Å². The van der Waals surface area contributed by atoms with Gasteiger partial charge >= 0.3 is 6.18 Å².